The molecule has 1 atom stereocenters. The lowest BCUT2D eigenvalue weighted by Crippen LogP contribution is -2.30. The third-order valence-corrected chi connectivity index (χ3v) is 3.71. The van der Waals surface area contributed by atoms with E-state index in [0.29, 0.717) is 5.82 Å². The second-order valence-electron chi connectivity index (χ2n) is 5.47. The van der Waals surface area contributed by atoms with Gasteiger partial charge in [0.1, 0.15) is 0 Å². The largest absolute Gasteiger partial charge is 0.339 e. The van der Waals surface area contributed by atoms with E-state index in [-0.39, 0.29) is 6.04 Å². The van der Waals surface area contributed by atoms with Crippen molar-refractivity contribution in [2.75, 3.05) is 19.6 Å². The smallest absolute Gasteiger partial charge is 0.226 e. The maximum Gasteiger partial charge on any atom is 0.226 e. The Labute approximate surface area is 115 Å². The van der Waals surface area contributed by atoms with Crippen LogP contribution in [0.2, 0.25) is 0 Å². The summed E-state index contributed by atoms with van der Waals surface area (Å²) >= 11 is 0. The molecule has 0 radical (unpaired) electrons. The van der Waals surface area contributed by atoms with Crippen molar-refractivity contribution in [2.24, 2.45) is 5.73 Å². The van der Waals surface area contributed by atoms with E-state index in [1.165, 1.54) is 32.1 Å². The summed E-state index contributed by atoms with van der Waals surface area (Å²) < 4.78 is 5.27. The topological polar surface area (TPSA) is 68.2 Å². The van der Waals surface area contributed by atoms with Gasteiger partial charge in [-0.15, -0.1) is 0 Å². The first-order valence-electron chi connectivity index (χ1n) is 7.60. The predicted molar refractivity (Wildman–Crippen MR) is 74.7 cm³/mol. The molecule has 0 saturated carbocycles. The molecule has 0 bridgehead atoms. The first kappa shape index (κ1) is 14.5. The molecule has 0 aliphatic carbocycles. The van der Waals surface area contributed by atoms with Gasteiger partial charge in [0, 0.05) is 13.0 Å². The van der Waals surface area contributed by atoms with Crippen molar-refractivity contribution in [1.82, 2.24) is 15.0 Å². The second-order valence-corrected chi connectivity index (χ2v) is 5.47. The van der Waals surface area contributed by atoms with E-state index < -0.39 is 0 Å². The van der Waals surface area contributed by atoms with E-state index in [2.05, 4.69) is 22.0 Å². The number of rotatable bonds is 8. The summed E-state index contributed by atoms with van der Waals surface area (Å²) in [7, 11) is 0. The Morgan fingerprint density at radius 3 is 2.79 bits per heavy atom. The van der Waals surface area contributed by atoms with Crippen molar-refractivity contribution in [1.29, 1.82) is 0 Å². The molecule has 0 spiro atoms. The summed E-state index contributed by atoms with van der Waals surface area (Å²) in [6, 6.07) is -0.119. The molecule has 0 aromatic carbocycles. The molecule has 5 heteroatoms. The van der Waals surface area contributed by atoms with Gasteiger partial charge in [-0.05, 0) is 32.4 Å². The van der Waals surface area contributed by atoms with Crippen LogP contribution in [-0.2, 0) is 6.42 Å². The second kappa shape index (κ2) is 7.60. The summed E-state index contributed by atoms with van der Waals surface area (Å²) in [5, 5.41) is 4.02. The van der Waals surface area contributed by atoms with E-state index in [9.17, 15) is 0 Å². The summed E-state index contributed by atoms with van der Waals surface area (Å²) in [6.07, 6.45) is 8.31. The number of hydrogen-bond donors (Lipinski definition) is 1. The first-order chi connectivity index (χ1) is 9.29. The van der Waals surface area contributed by atoms with Gasteiger partial charge >= 0.3 is 0 Å². The van der Waals surface area contributed by atoms with Crippen LogP contribution < -0.4 is 5.73 Å². The summed E-state index contributed by atoms with van der Waals surface area (Å²) in [6.45, 7) is 5.35. The molecule has 1 aliphatic heterocycles. The Morgan fingerprint density at radius 1 is 1.26 bits per heavy atom. The van der Waals surface area contributed by atoms with Crippen molar-refractivity contribution in [3.05, 3.63) is 11.7 Å². The molecule has 108 valence electrons. The van der Waals surface area contributed by atoms with Crippen molar-refractivity contribution >= 4 is 0 Å². The van der Waals surface area contributed by atoms with Crippen LogP contribution in [0, 0.1) is 0 Å². The quantitative estimate of drug-likeness (QED) is 0.731. The third kappa shape index (κ3) is 4.58. The molecule has 19 heavy (non-hydrogen) atoms. The van der Waals surface area contributed by atoms with Gasteiger partial charge in [0.25, 0.3) is 0 Å². The van der Waals surface area contributed by atoms with Gasteiger partial charge < -0.3 is 15.2 Å². The van der Waals surface area contributed by atoms with Gasteiger partial charge in [-0.3, -0.25) is 0 Å². The molecule has 1 aromatic heterocycles. The highest BCUT2D eigenvalue weighted by atomic mass is 16.5. The normalized spacial score (nSPS) is 18.0. The maximum absolute atomic E-state index is 6.14. The highest BCUT2D eigenvalue weighted by Crippen LogP contribution is 2.14. The summed E-state index contributed by atoms with van der Waals surface area (Å²) in [5.74, 6) is 1.40. The van der Waals surface area contributed by atoms with E-state index >= 15 is 0 Å². The highest BCUT2D eigenvalue weighted by molar-refractivity contribution is 4.94. The van der Waals surface area contributed by atoms with Crippen LogP contribution in [0.15, 0.2) is 4.52 Å². The molecular formula is C14H26N4O. The van der Waals surface area contributed by atoms with Crippen LogP contribution in [0.3, 0.4) is 0 Å². The van der Waals surface area contributed by atoms with Crippen LogP contribution in [0.25, 0.3) is 0 Å². The summed E-state index contributed by atoms with van der Waals surface area (Å²) in [5.41, 5.74) is 6.14. The van der Waals surface area contributed by atoms with Crippen LogP contribution in [0.5, 0.6) is 0 Å². The molecule has 0 amide bonds. The number of nitrogens with zero attached hydrogens (tertiary/aromatic N) is 3. The van der Waals surface area contributed by atoms with E-state index in [4.69, 9.17) is 10.3 Å². The first-order valence-corrected chi connectivity index (χ1v) is 7.60. The Bertz CT molecular complexity index is 360. The van der Waals surface area contributed by atoms with Gasteiger partial charge in [0.2, 0.25) is 5.89 Å². The lowest BCUT2D eigenvalue weighted by Gasteiger charge is -2.17. The fourth-order valence-corrected chi connectivity index (χ4v) is 2.55. The molecule has 1 unspecified atom stereocenters. The average molecular weight is 266 g/mol. The van der Waals surface area contributed by atoms with Gasteiger partial charge in [0.05, 0.1) is 6.04 Å². The number of likely N-dealkylation sites (tertiary alicyclic amines) is 1. The number of aromatic nitrogens is 2. The Hall–Kier alpha value is -0.940. The van der Waals surface area contributed by atoms with Crippen molar-refractivity contribution < 1.29 is 4.52 Å². The Balaban J connectivity index is 1.75. The van der Waals surface area contributed by atoms with E-state index in [1.54, 1.807) is 0 Å². The van der Waals surface area contributed by atoms with Gasteiger partial charge in [-0.25, -0.2) is 0 Å². The molecule has 2 heterocycles. The molecule has 2 rings (SSSR count). The molecule has 5 nitrogen and oxygen atoms in total. The van der Waals surface area contributed by atoms with Crippen molar-refractivity contribution in [3.8, 4) is 0 Å². The Morgan fingerprint density at radius 2 is 2.05 bits per heavy atom. The predicted octanol–water partition coefficient (Wildman–Crippen LogP) is 2.29. The summed E-state index contributed by atoms with van der Waals surface area (Å²) in [4.78, 5) is 6.80. The fourth-order valence-electron chi connectivity index (χ4n) is 2.55. The number of aryl methyl sites for hydroxylation is 1. The third-order valence-electron chi connectivity index (χ3n) is 3.71. The molecule has 1 saturated heterocycles. The fraction of sp³-hybridized carbons (Fsp3) is 0.857. The monoisotopic (exact) mass is 266 g/mol. The van der Waals surface area contributed by atoms with Crippen LogP contribution in [0.1, 0.15) is 63.2 Å². The molecule has 1 fully saturated rings. The molecule has 1 aliphatic rings. The standard InChI is InChI=1S/C14H26N4O/c1-2-3-4-5-8-13-16-14(17-19-13)12(15)11-18-9-6-7-10-18/h12H,2-11,15H2,1H3. The van der Waals surface area contributed by atoms with Gasteiger partial charge in [-0.2, -0.15) is 4.98 Å². The zero-order valence-corrected chi connectivity index (χ0v) is 12.0. The van der Waals surface area contributed by atoms with Crippen molar-refractivity contribution in [2.45, 2.75) is 57.9 Å². The molecule has 1 aromatic rings. The van der Waals surface area contributed by atoms with E-state index in [0.717, 1.165) is 38.4 Å². The van der Waals surface area contributed by atoms with Crippen LogP contribution in [-0.4, -0.2) is 34.7 Å². The average Bonchev–Trinajstić information content (AvgIpc) is 3.05. The lowest BCUT2D eigenvalue weighted by molar-refractivity contribution is 0.305. The minimum atomic E-state index is -0.119. The van der Waals surface area contributed by atoms with Gasteiger partial charge in [-0.1, -0.05) is 31.3 Å². The zero-order valence-electron chi connectivity index (χ0n) is 12.0. The number of unbranched alkanes of at least 4 members (excludes halogenated alkanes) is 3. The van der Waals surface area contributed by atoms with Crippen molar-refractivity contribution in [3.63, 3.8) is 0 Å². The molecule has 2 N–H and O–H groups in total. The van der Waals surface area contributed by atoms with E-state index in [1.807, 2.05) is 0 Å². The number of hydrogen-bond acceptors (Lipinski definition) is 5. The zero-order chi connectivity index (χ0) is 13.5. The number of nitrogens with two attached hydrogens (primary N) is 1. The minimum absolute atomic E-state index is 0.119. The SMILES string of the molecule is CCCCCCc1nc(C(N)CN2CCCC2)no1. The molecular weight excluding hydrogens is 240 g/mol. The van der Waals surface area contributed by atoms with Crippen LogP contribution in [0.4, 0.5) is 0 Å². The lowest BCUT2D eigenvalue weighted by atomic mass is 10.1. The van der Waals surface area contributed by atoms with Crippen LogP contribution >= 0.6 is 0 Å². The van der Waals surface area contributed by atoms with Gasteiger partial charge in [0.15, 0.2) is 5.82 Å². The maximum atomic E-state index is 6.14. The Kier molecular flexibility index (Phi) is 5.79. The highest BCUT2D eigenvalue weighted by Gasteiger charge is 2.19. The minimum Gasteiger partial charge on any atom is -0.339 e.